The number of hydrogen-bond donors (Lipinski definition) is 1. The van der Waals surface area contributed by atoms with Gasteiger partial charge in [0.05, 0.1) is 15.4 Å². The molecule has 0 saturated heterocycles. The lowest BCUT2D eigenvalue weighted by Gasteiger charge is -2.10. The van der Waals surface area contributed by atoms with E-state index in [9.17, 15) is 21.6 Å². The number of benzene rings is 2. The summed E-state index contributed by atoms with van der Waals surface area (Å²) in [6.07, 6.45) is 1.95. The van der Waals surface area contributed by atoms with Gasteiger partial charge >= 0.3 is 6.18 Å². The molecule has 1 fully saturated rings. The Kier molecular flexibility index (Phi) is 8.54. The summed E-state index contributed by atoms with van der Waals surface area (Å²) in [6, 6.07) is 13.7. The van der Waals surface area contributed by atoms with Crippen molar-refractivity contribution in [2.45, 2.75) is 34.7 Å². The van der Waals surface area contributed by atoms with E-state index in [1.807, 2.05) is 25.2 Å². The number of carbonyl (C=O) groups excluding carboxylic acids is 1. The van der Waals surface area contributed by atoms with Crippen LogP contribution in [0.5, 0.6) is 0 Å². The molecule has 1 aliphatic rings. The molecule has 170 valence electrons. The highest BCUT2D eigenvalue weighted by Gasteiger charge is 2.32. The van der Waals surface area contributed by atoms with Crippen molar-refractivity contribution >= 4 is 22.3 Å². The first kappa shape index (κ1) is 25.1. The molecule has 1 aliphatic carbocycles. The Labute approximate surface area is 185 Å². The molecule has 1 heterocycles. The molecule has 2 aromatic carbocycles. The zero-order valence-corrected chi connectivity index (χ0v) is 18.2. The van der Waals surface area contributed by atoms with Crippen LogP contribution in [-0.2, 0) is 20.8 Å². The van der Waals surface area contributed by atoms with Gasteiger partial charge in [-0.2, -0.15) is 13.2 Å². The maximum atomic E-state index is 12.7. The van der Waals surface area contributed by atoms with Crippen LogP contribution < -0.4 is 5.32 Å². The van der Waals surface area contributed by atoms with Crippen molar-refractivity contribution in [1.82, 2.24) is 4.98 Å². The topological polar surface area (TPSA) is 76.1 Å². The number of sulfone groups is 1. The molecule has 5 nitrogen and oxygen atoms in total. The number of rotatable bonds is 4. The maximum absolute atomic E-state index is 12.7. The third kappa shape index (κ3) is 6.65. The highest BCUT2D eigenvalue weighted by atomic mass is 32.2. The number of alkyl halides is 3. The third-order valence-electron chi connectivity index (χ3n) is 4.66. The van der Waals surface area contributed by atoms with Crippen molar-refractivity contribution in [3.63, 3.8) is 0 Å². The number of nitrogens with zero attached hydrogens (tertiary/aromatic N) is 1. The summed E-state index contributed by atoms with van der Waals surface area (Å²) < 4.78 is 62.6. The van der Waals surface area contributed by atoms with Gasteiger partial charge in [-0.3, -0.25) is 4.98 Å². The summed E-state index contributed by atoms with van der Waals surface area (Å²) >= 11 is 0. The lowest BCUT2D eigenvalue weighted by molar-refractivity contribution is -0.137. The summed E-state index contributed by atoms with van der Waals surface area (Å²) in [5.41, 5.74) is 1.13. The van der Waals surface area contributed by atoms with E-state index in [2.05, 4.69) is 16.4 Å². The summed E-state index contributed by atoms with van der Waals surface area (Å²) in [5, 5.41) is 2.83. The SMILES string of the molecule is C=O.CNc1ccc(S(=O)(=O)c2cccc(C(F)(F)F)c2)cc1.c1cncc(C2CC2)c1. The van der Waals surface area contributed by atoms with Crippen molar-refractivity contribution in [2.24, 2.45) is 0 Å². The molecular weight excluding hydrogens is 441 g/mol. The van der Waals surface area contributed by atoms with Gasteiger partial charge in [0.2, 0.25) is 9.84 Å². The van der Waals surface area contributed by atoms with Crippen molar-refractivity contribution in [2.75, 3.05) is 12.4 Å². The molecule has 9 heteroatoms. The molecule has 3 aromatic rings. The molecule has 32 heavy (non-hydrogen) atoms. The lowest BCUT2D eigenvalue weighted by Crippen LogP contribution is -2.08. The zero-order chi connectivity index (χ0) is 23.8. The number of halogens is 3. The minimum Gasteiger partial charge on any atom is -0.388 e. The fraction of sp³-hybridized carbons (Fsp3) is 0.217. The van der Waals surface area contributed by atoms with E-state index in [0.717, 1.165) is 24.1 Å². The van der Waals surface area contributed by atoms with Gasteiger partial charge in [-0.1, -0.05) is 12.1 Å². The third-order valence-corrected chi connectivity index (χ3v) is 6.43. The van der Waals surface area contributed by atoms with E-state index < -0.39 is 21.6 Å². The fourth-order valence-electron chi connectivity index (χ4n) is 2.81. The summed E-state index contributed by atoms with van der Waals surface area (Å²) in [4.78, 5) is 11.6. The molecule has 0 radical (unpaired) electrons. The number of carbonyl (C=O) groups is 1. The first-order valence-electron chi connectivity index (χ1n) is 9.61. The minimum atomic E-state index is -4.58. The summed E-state index contributed by atoms with van der Waals surface area (Å²) in [7, 11) is -2.30. The van der Waals surface area contributed by atoms with Crippen LogP contribution in [0.2, 0.25) is 0 Å². The molecule has 0 unspecified atom stereocenters. The Hall–Kier alpha value is -3.20. The van der Waals surface area contributed by atoms with Gasteiger partial charge in [0, 0.05) is 25.1 Å². The van der Waals surface area contributed by atoms with E-state index >= 15 is 0 Å². The highest BCUT2D eigenvalue weighted by Crippen LogP contribution is 2.39. The number of aromatic nitrogens is 1. The second-order valence-electron chi connectivity index (χ2n) is 6.86. The number of anilines is 1. The van der Waals surface area contributed by atoms with Crippen molar-refractivity contribution in [3.8, 4) is 0 Å². The van der Waals surface area contributed by atoms with Crippen LogP contribution in [-0.4, -0.2) is 27.2 Å². The average Bonchev–Trinajstić information content (AvgIpc) is 3.67. The lowest BCUT2D eigenvalue weighted by atomic mass is 10.2. The predicted molar refractivity (Wildman–Crippen MR) is 116 cm³/mol. The Morgan fingerprint density at radius 3 is 2.12 bits per heavy atom. The molecule has 0 atom stereocenters. The van der Waals surface area contributed by atoms with Gasteiger partial charge in [-0.25, -0.2) is 8.42 Å². The van der Waals surface area contributed by atoms with E-state index in [-0.39, 0.29) is 9.79 Å². The van der Waals surface area contributed by atoms with Crippen molar-refractivity contribution < 1.29 is 26.4 Å². The Bertz CT molecular complexity index is 1100. The normalized spacial score (nSPS) is 13.1. The van der Waals surface area contributed by atoms with E-state index in [4.69, 9.17) is 4.79 Å². The van der Waals surface area contributed by atoms with Crippen LogP contribution in [0, 0.1) is 0 Å². The predicted octanol–water partition coefficient (Wildman–Crippen LogP) is 5.35. The number of pyridine rings is 1. The molecule has 0 bridgehead atoms. The quantitative estimate of drug-likeness (QED) is 0.563. The van der Waals surface area contributed by atoms with Gasteiger partial charge in [-0.05, 0) is 72.9 Å². The molecule has 0 spiro atoms. The largest absolute Gasteiger partial charge is 0.416 e. The standard InChI is InChI=1S/C14H12F3NO2S.C8H9N.CH2O/c1-18-11-5-7-12(8-6-11)21(19,20)13-4-2-3-10(9-13)14(15,16)17;1-2-8(6-9-5-1)7-3-4-7;1-2/h2-9,18H,1H3;1-2,5-7H,3-4H2;1H2. The van der Waals surface area contributed by atoms with Crippen LogP contribution in [0.1, 0.15) is 29.9 Å². The van der Waals surface area contributed by atoms with Crippen LogP contribution in [0.25, 0.3) is 0 Å². The van der Waals surface area contributed by atoms with Gasteiger partial charge in [0.25, 0.3) is 0 Å². The Balaban J connectivity index is 0.000000271. The van der Waals surface area contributed by atoms with Crippen LogP contribution in [0.4, 0.5) is 18.9 Å². The van der Waals surface area contributed by atoms with Gasteiger partial charge < -0.3 is 10.1 Å². The highest BCUT2D eigenvalue weighted by molar-refractivity contribution is 7.91. The van der Waals surface area contributed by atoms with Crippen LogP contribution in [0.15, 0.2) is 82.8 Å². The summed E-state index contributed by atoms with van der Waals surface area (Å²) in [5.74, 6) is 0.846. The molecule has 1 N–H and O–H groups in total. The van der Waals surface area contributed by atoms with Crippen LogP contribution >= 0.6 is 0 Å². The monoisotopic (exact) mass is 464 g/mol. The smallest absolute Gasteiger partial charge is 0.388 e. The van der Waals surface area contributed by atoms with Gasteiger partial charge in [0.1, 0.15) is 6.79 Å². The molecule has 4 rings (SSSR count). The number of nitrogens with one attached hydrogen (secondary N) is 1. The molecule has 1 saturated carbocycles. The van der Waals surface area contributed by atoms with E-state index in [1.54, 1.807) is 19.2 Å². The molecular formula is C23H23F3N2O3S. The second-order valence-corrected chi connectivity index (χ2v) is 8.81. The van der Waals surface area contributed by atoms with Crippen LogP contribution in [0.3, 0.4) is 0 Å². The molecule has 0 amide bonds. The average molecular weight is 465 g/mol. The van der Waals surface area contributed by atoms with Gasteiger partial charge in [-0.15, -0.1) is 0 Å². The number of hydrogen-bond acceptors (Lipinski definition) is 5. The first-order valence-corrected chi connectivity index (χ1v) is 11.1. The molecule has 1 aromatic heterocycles. The zero-order valence-electron chi connectivity index (χ0n) is 17.3. The van der Waals surface area contributed by atoms with E-state index in [1.165, 1.54) is 30.5 Å². The van der Waals surface area contributed by atoms with Crippen molar-refractivity contribution in [3.05, 3.63) is 84.2 Å². The van der Waals surface area contributed by atoms with Crippen molar-refractivity contribution in [1.29, 1.82) is 0 Å². The fourth-order valence-corrected chi connectivity index (χ4v) is 4.12. The first-order chi connectivity index (χ1) is 15.2. The minimum absolute atomic E-state index is 0.0548. The summed E-state index contributed by atoms with van der Waals surface area (Å²) in [6.45, 7) is 2.00. The Morgan fingerprint density at radius 2 is 1.62 bits per heavy atom. The Morgan fingerprint density at radius 1 is 0.969 bits per heavy atom. The van der Waals surface area contributed by atoms with E-state index in [0.29, 0.717) is 11.8 Å². The second kappa shape index (κ2) is 10.9. The molecule has 0 aliphatic heterocycles. The van der Waals surface area contributed by atoms with Gasteiger partial charge in [0.15, 0.2) is 0 Å². The maximum Gasteiger partial charge on any atom is 0.416 e.